The van der Waals surface area contributed by atoms with Gasteiger partial charge in [0.25, 0.3) is 0 Å². The molecule has 0 aromatic heterocycles. The SMILES string of the molecule is CCCOc1ccc([C@@H]2Oc3ccc(Br)cc3[C@@H]3CC(c4ccc(Cl)cc4)=NN32)cc1. The molecule has 0 saturated carbocycles. The fourth-order valence-corrected chi connectivity index (χ4v) is 4.55. The monoisotopic (exact) mass is 496 g/mol. The third-order valence-electron chi connectivity index (χ3n) is 5.57. The van der Waals surface area contributed by atoms with Crippen LogP contribution in [0.25, 0.3) is 0 Å². The van der Waals surface area contributed by atoms with Gasteiger partial charge in [-0.05, 0) is 66.6 Å². The maximum atomic E-state index is 6.45. The summed E-state index contributed by atoms with van der Waals surface area (Å²) in [7, 11) is 0. The number of ether oxygens (including phenoxy) is 2. The summed E-state index contributed by atoms with van der Waals surface area (Å²) >= 11 is 9.69. The zero-order chi connectivity index (χ0) is 21.4. The Bertz CT molecular complexity index is 1120. The molecule has 158 valence electrons. The van der Waals surface area contributed by atoms with Gasteiger partial charge in [0.15, 0.2) is 0 Å². The van der Waals surface area contributed by atoms with Crippen LogP contribution in [0, 0.1) is 0 Å². The zero-order valence-electron chi connectivity index (χ0n) is 17.1. The molecule has 0 saturated heterocycles. The van der Waals surface area contributed by atoms with Crippen molar-refractivity contribution in [2.75, 3.05) is 6.61 Å². The summed E-state index contributed by atoms with van der Waals surface area (Å²) < 4.78 is 13.2. The van der Waals surface area contributed by atoms with Crippen LogP contribution in [0.15, 0.2) is 76.3 Å². The predicted molar refractivity (Wildman–Crippen MR) is 127 cm³/mol. The highest BCUT2D eigenvalue weighted by Crippen LogP contribution is 2.48. The number of benzene rings is 3. The van der Waals surface area contributed by atoms with Crippen LogP contribution in [0.5, 0.6) is 11.5 Å². The van der Waals surface area contributed by atoms with E-state index in [0.717, 1.165) is 56.2 Å². The van der Waals surface area contributed by atoms with Crippen LogP contribution in [0.1, 0.15) is 48.7 Å². The van der Waals surface area contributed by atoms with E-state index in [4.69, 9.17) is 26.2 Å². The van der Waals surface area contributed by atoms with Gasteiger partial charge >= 0.3 is 0 Å². The highest BCUT2D eigenvalue weighted by Gasteiger charge is 2.41. The Kier molecular flexibility index (Phi) is 5.63. The van der Waals surface area contributed by atoms with E-state index < -0.39 is 0 Å². The average Bonchev–Trinajstić information content (AvgIpc) is 3.24. The lowest BCUT2D eigenvalue weighted by atomic mass is 9.96. The number of fused-ring (bicyclic) bond motifs is 3. The van der Waals surface area contributed by atoms with E-state index in [1.807, 2.05) is 48.5 Å². The molecule has 0 radical (unpaired) electrons. The minimum Gasteiger partial charge on any atom is -0.494 e. The first kappa shape index (κ1) is 20.4. The Morgan fingerprint density at radius 3 is 2.61 bits per heavy atom. The summed E-state index contributed by atoms with van der Waals surface area (Å²) in [5, 5.41) is 7.81. The van der Waals surface area contributed by atoms with Crippen molar-refractivity contribution in [3.63, 3.8) is 0 Å². The van der Waals surface area contributed by atoms with E-state index >= 15 is 0 Å². The molecule has 3 aromatic rings. The van der Waals surface area contributed by atoms with Crippen molar-refractivity contribution in [3.8, 4) is 11.5 Å². The molecule has 5 rings (SSSR count). The van der Waals surface area contributed by atoms with Gasteiger partial charge in [0.1, 0.15) is 11.5 Å². The van der Waals surface area contributed by atoms with Crippen LogP contribution in [0.3, 0.4) is 0 Å². The molecule has 0 aliphatic carbocycles. The van der Waals surface area contributed by atoms with Crippen molar-refractivity contribution in [2.24, 2.45) is 5.10 Å². The quantitative estimate of drug-likeness (QED) is 0.376. The first-order valence-electron chi connectivity index (χ1n) is 10.4. The molecule has 2 aliphatic rings. The van der Waals surface area contributed by atoms with Crippen LogP contribution in [0.4, 0.5) is 0 Å². The fourth-order valence-electron chi connectivity index (χ4n) is 4.04. The van der Waals surface area contributed by atoms with Crippen LogP contribution in [-0.2, 0) is 0 Å². The molecule has 0 unspecified atom stereocenters. The standard InChI is InChI=1S/C25H22BrClN2O2/c1-2-13-30-20-10-5-17(6-11-20)25-29-23(21-14-18(26)7-12-24(21)31-25)15-22(28-29)16-3-8-19(27)9-4-16/h3-12,14,23,25H,2,13,15H2,1H3/t23-,25-/m0/s1. The van der Waals surface area contributed by atoms with E-state index in [1.165, 1.54) is 0 Å². The molecule has 6 heteroatoms. The van der Waals surface area contributed by atoms with Gasteiger partial charge in [-0.25, -0.2) is 5.01 Å². The van der Waals surface area contributed by atoms with Crippen molar-refractivity contribution in [3.05, 3.63) is 92.9 Å². The third-order valence-corrected chi connectivity index (χ3v) is 6.31. The Morgan fingerprint density at radius 1 is 1.10 bits per heavy atom. The molecule has 0 N–H and O–H groups in total. The van der Waals surface area contributed by atoms with Crippen molar-refractivity contribution in [1.29, 1.82) is 0 Å². The fraction of sp³-hybridized carbons (Fsp3) is 0.240. The molecule has 4 nitrogen and oxygen atoms in total. The lowest BCUT2D eigenvalue weighted by molar-refractivity contribution is -0.0191. The maximum Gasteiger partial charge on any atom is 0.213 e. The lowest BCUT2D eigenvalue weighted by Gasteiger charge is -2.38. The highest BCUT2D eigenvalue weighted by atomic mass is 79.9. The van der Waals surface area contributed by atoms with Gasteiger partial charge in [0, 0.05) is 27.0 Å². The van der Waals surface area contributed by atoms with Crippen molar-refractivity contribution < 1.29 is 9.47 Å². The van der Waals surface area contributed by atoms with E-state index in [1.54, 1.807) is 0 Å². The number of hydrogen-bond donors (Lipinski definition) is 0. The summed E-state index contributed by atoms with van der Waals surface area (Å²) in [4.78, 5) is 0. The van der Waals surface area contributed by atoms with Gasteiger partial charge < -0.3 is 9.47 Å². The second-order valence-electron chi connectivity index (χ2n) is 7.72. The minimum atomic E-state index is -0.302. The minimum absolute atomic E-state index is 0.105. The van der Waals surface area contributed by atoms with Crippen LogP contribution < -0.4 is 9.47 Å². The second-order valence-corrected chi connectivity index (χ2v) is 9.08. The van der Waals surface area contributed by atoms with Crippen LogP contribution in [-0.4, -0.2) is 17.3 Å². The van der Waals surface area contributed by atoms with Gasteiger partial charge in [-0.2, -0.15) is 5.10 Å². The first-order valence-corrected chi connectivity index (χ1v) is 11.6. The Balaban J connectivity index is 1.52. The summed E-state index contributed by atoms with van der Waals surface area (Å²) in [6, 6.07) is 22.3. The Labute approximate surface area is 195 Å². The lowest BCUT2D eigenvalue weighted by Crippen LogP contribution is -2.33. The van der Waals surface area contributed by atoms with Crippen molar-refractivity contribution in [2.45, 2.75) is 32.0 Å². The van der Waals surface area contributed by atoms with Crippen LogP contribution >= 0.6 is 27.5 Å². The first-order chi connectivity index (χ1) is 15.1. The number of halogens is 2. The highest BCUT2D eigenvalue weighted by molar-refractivity contribution is 9.10. The van der Waals surface area contributed by atoms with E-state index in [2.05, 4.69) is 46.1 Å². The van der Waals surface area contributed by atoms with Gasteiger partial charge in [-0.1, -0.05) is 46.6 Å². The Hall–Kier alpha value is -2.50. The largest absolute Gasteiger partial charge is 0.494 e. The number of nitrogens with zero attached hydrogens (tertiary/aromatic N) is 2. The van der Waals surface area contributed by atoms with Gasteiger partial charge in [0.2, 0.25) is 6.23 Å². The van der Waals surface area contributed by atoms with E-state index in [9.17, 15) is 0 Å². The second kappa shape index (κ2) is 8.56. The molecule has 3 aromatic carbocycles. The van der Waals surface area contributed by atoms with Crippen LogP contribution in [0.2, 0.25) is 5.02 Å². The topological polar surface area (TPSA) is 34.1 Å². The normalized spacial score (nSPS) is 19.3. The summed E-state index contributed by atoms with van der Waals surface area (Å²) in [5.74, 6) is 1.77. The van der Waals surface area contributed by atoms with Gasteiger partial charge in [-0.3, -0.25) is 0 Å². The smallest absolute Gasteiger partial charge is 0.213 e. The molecular weight excluding hydrogens is 476 g/mol. The molecule has 2 heterocycles. The summed E-state index contributed by atoms with van der Waals surface area (Å²) in [6.45, 7) is 2.81. The molecule has 31 heavy (non-hydrogen) atoms. The predicted octanol–water partition coefficient (Wildman–Crippen LogP) is 7.13. The number of hydrogen-bond acceptors (Lipinski definition) is 4. The van der Waals surface area contributed by atoms with Gasteiger partial charge in [-0.15, -0.1) is 0 Å². The van der Waals surface area contributed by atoms with Gasteiger partial charge in [0.05, 0.1) is 18.4 Å². The summed E-state index contributed by atoms with van der Waals surface area (Å²) in [6.07, 6.45) is 1.49. The average molecular weight is 498 g/mol. The maximum absolute atomic E-state index is 6.45. The molecule has 2 atom stereocenters. The van der Waals surface area contributed by atoms with E-state index in [-0.39, 0.29) is 12.3 Å². The molecular formula is C25H22BrClN2O2. The van der Waals surface area contributed by atoms with Crippen molar-refractivity contribution >= 4 is 33.2 Å². The van der Waals surface area contributed by atoms with Crippen molar-refractivity contribution in [1.82, 2.24) is 5.01 Å². The molecule has 2 aliphatic heterocycles. The molecule has 0 amide bonds. The number of rotatable bonds is 5. The molecule has 0 spiro atoms. The molecule has 0 bridgehead atoms. The summed E-state index contributed by atoms with van der Waals surface area (Å²) in [5.41, 5.74) is 4.30. The molecule has 0 fully saturated rings. The number of hydrazone groups is 1. The Morgan fingerprint density at radius 2 is 1.87 bits per heavy atom. The zero-order valence-corrected chi connectivity index (χ0v) is 19.4. The third kappa shape index (κ3) is 4.04. The van der Waals surface area contributed by atoms with E-state index in [0.29, 0.717) is 6.61 Å².